The van der Waals surface area contributed by atoms with Crippen molar-refractivity contribution in [1.82, 2.24) is 9.80 Å². The number of fused-ring (bicyclic) bond motifs is 2. The molecule has 14 heteroatoms. The van der Waals surface area contributed by atoms with E-state index in [1.54, 1.807) is 7.11 Å². The zero-order valence-corrected chi connectivity index (χ0v) is 28.5. The summed E-state index contributed by atoms with van der Waals surface area (Å²) in [6, 6.07) is 15.7. The number of hydrogen-bond acceptors (Lipinski definition) is 10. The van der Waals surface area contributed by atoms with E-state index in [2.05, 4.69) is 59.2 Å². The molecule has 49 heavy (non-hydrogen) atoms. The molecule has 0 spiro atoms. The molecule has 266 valence electrons. The van der Waals surface area contributed by atoms with Crippen molar-refractivity contribution in [2.75, 3.05) is 46.4 Å². The van der Waals surface area contributed by atoms with Gasteiger partial charge in [-0.15, -0.1) is 0 Å². The maximum absolute atomic E-state index is 11.7. The third-order valence-electron chi connectivity index (χ3n) is 7.38. The standard InChI is InChI=1S/C27H36N2O3S.2C4H4O4/c1-3-4-10-27(30)32-18-7-13-28-14-16-29(17-15-28)24-19-21-8-5-6-9-25(21)33-26-12-11-22(31-2)20-23(24)26;2*5-3(6)1-2-4(7)8/h5-6,8-9,11-12,20,24H,3-4,7,10,13-19H2,1-2H3;2*1-2H,(H,5,6)(H,7,8)/b;2*2-1-. The SMILES string of the molecule is CCCCC(=O)OCCCN1CCN(C2Cc3ccccc3Sc3ccc(OC)cc32)CC1.O=C(O)/C=C\C(=O)O.O=C(O)/C=C\C(=O)O. The van der Waals surface area contributed by atoms with E-state index in [1.165, 1.54) is 20.9 Å². The van der Waals surface area contributed by atoms with Crippen LogP contribution < -0.4 is 4.74 Å². The Balaban J connectivity index is 0.000000432. The molecule has 13 nitrogen and oxygen atoms in total. The molecule has 1 saturated heterocycles. The summed E-state index contributed by atoms with van der Waals surface area (Å²) < 4.78 is 10.9. The Labute approximate surface area is 289 Å². The molecule has 0 aliphatic carbocycles. The van der Waals surface area contributed by atoms with Crippen LogP contribution in [0.1, 0.15) is 49.8 Å². The van der Waals surface area contributed by atoms with Crippen molar-refractivity contribution >= 4 is 41.6 Å². The summed E-state index contributed by atoms with van der Waals surface area (Å²) in [7, 11) is 1.75. The van der Waals surface area contributed by atoms with Crippen molar-refractivity contribution < 1.29 is 53.9 Å². The average molecular weight is 701 g/mol. The van der Waals surface area contributed by atoms with Gasteiger partial charge in [0.1, 0.15) is 5.75 Å². The topological polar surface area (TPSA) is 191 Å². The number of piperazine rings is 1. The average Bonchev–Trinajstić information content (AvgIpc) is 3.24. The van der Waals surface area contributed by atoms with Crippen LogP contribution in [0.4, 0.5) is 0 Å². The van der Waals surface area contributed by atoms with Gasteiger partial charge in [-0.1, -0.05) is 43.3 Å². The molecule has 0 amide bonds. The van der Waals surface area contributed by atoms with E-state index in [4.69, 9.17) is 29.9 Å². The molecule has 0 radical (unpaired) electrons. The fourth-order valence-electron chi connectivity index (χ4n) is 4.99. The lowest BCUT2D eigenvalue weighted by atomic mass is 9.96. The second-order valence-corrected chi connectivity index (χ2v) is 12.0. The van der Waals surface area contributed by atoms with E-state index in [0.29, 0.717) is 43.4 Å². The van der Waals surface area contributed by atoms with Crippen LogP contribution in [-0.2, 0) is 35.1 Å². The molecule has 2 aliphatic rings. The Hall–Kier alpha value is -4.66. The van der Waals surface area contributed by atoms with Gasteiger partial charge in [0.25, 0.3) is 0 Å². The van der Waals surface area contributed by atoms with Crippen molar-refractivity contribution in [1.29, 1.82) is 0 Å². The number of unbranched alkanes of at least 4 members (excludes halogenated alkanes) is 1. The number of rotatable bonds is 13. The van der Waals surface area contributed by atoms with Gasteiger partial charge in [0.2, 0.25) is 0 Å². The highest BCUT2D eigenvalue weighted by atomic mass is 32.2. The maximum Gasteiger partial charge on any atom is 0.328 e. The molecule has 0 aromatic heterocycles. The molecule has 1 unspecified atom stereocenters. The van der Waals surface area contributed by atoms with E-state index in [-0.39, 0.29) is 5.97 Å². The van der Waals surface area contributed by atoms with E-state index in [9.17, 15) is 24.0 Å². The molecular weight excluding hydrogens is 656 g/mol. The molecular formula is C35H44N2O11S. The summed E-state index contributed by atoms with van der Waals surface area (Å²) in [6.07, 6.45) is 6.66. The van der Waals surface area contributed by atoms with Gasteiger partial charge in [0.15, 0.2) is 0 Å². The predicted octanol–water partition coefficient (Wildman–Crippen LogP) is 4.61. The first-order chi connectivity index (χ1) is 23.4. The molecule has 1 atom stereocenters. The zero-order valence-electron chi connectivity index (χ0n) is 27.7. The van der Waals surface area contributed by atoms with E-state index in [0.717, 1.165) is 64.2 Å². The van der Waals surface area contributed by atoms with Crippen LogP contribution in [-0.4, -0.2) is 107 Å². The van der Waals surface area contributed by atoms with Gasteiger partial charge >= 0.3 is 29.8 Å². The van der Waals surface area contributed by atoms with Gasteiger partial charge in [-0.3, -0.25) is 9.69 Å². The van der Waals surface area contributed by atoms with Crippen LogP contribution in [0.25, 0.3) is 0 Å². The van der Waals surface area contributed by atoms with Gasteiger partial charge < -0.3 is 34.8 Å². The molecule has 4 rings (SSSR count). The smallest absolute Gasteiger partial charge is 0.328 e. The fourth-order valence-corrected chi connectivity index (χ4v) is 6.11. The Kier molecular flexibility index (Phi) is 18.2. The maximum atomic E-state index is 11.7. The zero-order chi connectivity index (χ0) is 36.2. The molecule has 2 aromatic rings. The Morgan fingerprint density at radius 1 is 0.816 bits per heavy atom. The summed E-state index contributed by atoms with van der Waals surface area (Å²) in [6.45, 7) is 7.81. The lowest BCUT2D eigenvalue weighted by molar-refractivity contribution is -0.144. The van der Waals surface area contributed by atoms with Crippen LogP contribution in [0.15, 0.2) is 76.6 Å². The number of aliphatic carboxylic acids is 4. The Bertz CT molecular complexity index is 1400. The predicted molar refractivity (Wildman–Crippen MR) is 182 cm³/mol. The number of nitrogens with zero attached hydrogens (tertiary/aromatic N) is 2. The minimum absolute atomic E-state index is 0.0534. The summed E-state index contributed by atoms with van der Waals surface area (Å²) in [5.74, 6) is -4.15. The van der Waals surface area contributed by atoms with Gasteiger partial charge in [0.05, 0.1) is 13.7 Å². The van der Waals surface area contributed by atoms with Crippen molar-refractivity contribution in [3.8, 4) is 5.75 Å². The highest BCUT2D eigenvalue weighted by Gasteiger charge is 2.30. The van der Waals surface area contributed by atoms with Crippen LogP contribution >= 0.6 is 11.8 Å². The molecule has 0 saturated carbocycles. The lowest BCUT2D eigenvalue weighted by Gasteiger charge is -2.39. The van der Waals surface area contributed by atoms with E-state index < -0.39 is 23.9 Å². The number of esters is 1. The van der Waals surface area contributed by atoms with Gasteiger partial charge in [-0.05, 0) is 54.7 Å². The van der Waals surface area contributed by atoms with Crippen molar-refractivity contribution in [2.24, 2.45) is 0 Å². The molecule has 1 fully saturated rings. The normalized spacial score (nSPS) is 15.8. The lowest BCUT2D eigenvalue weighted by Crippen LogP contribution is -2.48. The molecule has 4 N–H and O–H groups in total. The number of hydrogen-bond donors (Lipinski definition) is 4. The Morgan fingerprint density at radius 3 is 1.96 bits per heavy atom. The van der Waals surface area contributed by atoms with Crippen LogP contribution in [0, 0.1) is 0 Å². The molecule has 2 heterocycles. The first-order valence-corrected chi connectivity index (χ1v) is 16.6. The minimum atomic E-state index is -1.26. The van der Waals surface area contributed by atoms with Crippen molar-refractivity contribution in [3.63, 3.8) is 0 Å². The van der Waals surface area contributed by atoms with Gasteiger partial charge in [-0.25, -0.2) is 19.2 Å². The fraction of sp³-hybridized carbons (Fsp3) is 0.400. The minimum Gasteiger partial charge on any atom is -0.497 e. The first kappa shape index (κ1) is 40.5. The molecule has 2 aromatic carbocycles. The third kappa shape index (κ3) is 15.9. The number of benzene rings is 2. The quantitative estimate of drug-likeness (QED) is 0.129. The second-order valence-electron chi connectivity index (χ2n) is 10.9. The number of methoxy groups -OCH3 is 1. The van der Waals surface area contributed by atoms with Gasteiger partial charge in [0, 0.05) is 79.3 Å². The van der Waals surface area contributed by atoms with Crippen molar-refractivity contribution in [3.05, 3.63) is 77.9 Å². The van der Waals surface area contributed by atoms with Gasteiger partial charge in [-0.2, -0.15) is 0 Å². The Morgan fingerprint density at radius 2 is 1.41 bits per heavy atom. The third-order valence-corrected chi connectivity index (χ3v) is 8.59. The summed E-state index contributed by atoms with van der Waals surface area (Å²) in [5, 5.41) is 31.2. The van der Waals surface area contributed by atoms with Crippen LogP contribution in [0.2, 0.25) is 0 Å². The highest BCUT2D eigenvalue weighted by molar-refractivity contribution is 7.99. The van der Waals surface area contributed by atoms with Crippen LogP contribution in [0.5, 0.6) is 5.75 Å². The summed E-state index contributed by atoms with van der Waals surface area (Å²) >= 11 is 1.88. The van der Waals surface area contributed by atoms with Crippen LogP contribution in [0.3, 0.4) is 0 Å². The monoisotopic (exact) mass is 700 g/mol. The first-order valence-electron chi connectivity index (χ1n) is 15.8. The number of carbonyl (C=O) groups is 5. The molecule has 0 bridgehead atoms. The largest absolute Gasteiger partial charge is 0.497 e. The van der Waals surface area contributed by atoms with Crippen molar-refractivity contribution in [2.45, 2.75) is 54.9 Å². The van der Waals surface area contributed by atoms with E-state index >= 15 is 0 Å². The number of carboxylic acids is 4. The number of carboxylic acid groups (broad SMARTS) is 4. The highest BCUT2D eigenvalue weighted by Crippen LogP contribution is 2.44. The second kappa shape index (κ2) is 22.1. The number of carbonyl (C=O) groups excluding carboxylic acids is 1. The number of ether oxygens (including phenoxy) is 2. The summed E-state index contributed by atoms with van der Waals surface area (Å²) in [4.78, 5) is 57.7. The molecule has 2 aliphatic heterocycles. The summed E-state index contributed by atoms with van der Waals surface area (Å²) in [5.41, 5.74) is 2.80. The van der Waals surface area contributed by atoms with E-state index in [1.807, 2.05) is 11.8 Å².